The van der Waals surface area contributed by atoms with Gasteiger partial charge in [0.2, 0.25) is 11.9 Å². The number of carbonyl (C=O) groups is 1. The highest BCUT2D eigenvalue weighted by atomic mass is 16.1. The van der Waals surface area contributed by atoms with Crippen molar-refractivity contribution in [3.8, 4) is 0 Å². The van der Waals surface area contributed by atoms with Gasteiger partial charge in [0.1, 0.15) is 0 Å². The molecule has 0 aromatic carbocycles. The molecule has 1 aromatic heterocycles. The molecule has 0 radical (unpaired) electrons. The van der Waals surface area contributed by atoms with Gasteiger partial charge in [0.25, 0.3) is 0 Å². The van der Waals surface area contributed by atoms with E-state index in [1.807, 2.05) is 25.9 Å². The third kappa shape index (κ3) is 5.66. The number of anilines is 1. The van der Waals surface area contributed by atoms with E-state index >= 15 is 0 Å². The van der Waals surface area contributed by atoms with E-state index in [0.29, 0.717) is 5.92 Å². The van der Waals surface area contributed by atoms with Crippen LogP contribution in [0.4, 0.5) is 5.95 Å². The third-order valence-electron chi connectivity index (χ3n) is 5.01. The molecule has 0 unspecified atom stereocenters. The molecule has 0 bridgehead atoms. The van der Waals surface area contributed by atoms with Crippen LogP contribution in [-0.2, 0) is 11.3 Å². The Morgan fingerprint density at radius 2 is 1.92 bits per heavy atom. The number of piperidine rings is 1. The van der Waals surface area contributed by atoms with Crippen LogP contribution in [0.3, 0.4) is 0 Å². The van der Waals surface area contributed by atoms with Gasteiger partial charge >= 0.3 is 0 Å². The number of carbonyl (C=O) groups excluding carboxylic acids is 1. The maximum absolute atomic E-state index is 12.4. The minimum Gasteiger partial charge on any atom is -0.353 e. The average molecular weight is 348 g/mol. The second-order valence-corrected chi connectivity index (χ2v) is 7.79. The SMILES string of the molecule is Cc1cc(CN2CCC(C(=O)N[C@H](C)C(C)C)CC2)nc(N(C)C)n1. The van der Waals surface area contributed by atoms with Gasteiger partial charge in [-0.15, -0.1) is 0 Å². The lowest BCUT2D eigenvalue weighted by molar-refractivity contribution is -0.127. The number of hydrogen-bond acceptors (Lipinski definition) is 5. The van der Waals surface area contributed by atoms with Crippen molar-refractivity contribution in [1.82, 2.24) is 20.2 Å². The van der Waals surface area contributed by atoms with Crippen molar-refractivity contribution in [2.45, 2.75) is 53.1 Å². The molecular formula is C19H33N5O. The standard InChI is InChI=1S/C19H33N5O/c1-13(2)15(4)21-18(25)16-7-9-24(10-8-16)12-17-11-14(3)20-19(22-17)23(5)6/h11,13,15-16H,7-10,12H2,1-6H3,(H,21,25)/t15-/m1/s1. The highest BCUT2D eigenvalue weighted by Crippen LogP contribution is 2.20. The topological polar surface area (TPSA) is 61.4 Å². The number of hydrogen-bond donors (Lipinski definition) is 1. The van der Waals surface area contributed by atoms with Crippen LogP contribution in [0.2, 0.25) is 0 Å². The van der Waals surface area contributed by atoms with E-state index in [-0.39, 0.29) is 17.9 Å². The second-order valence-electron chi connectivity index (χ2n) is 7.79. The lowest BCUT2D eigenvalue weighted by atomic mass is 9.94. The Morgan fingerprint density at radius 1 is 1.28 bits per heavy atom. The van der Waals surface area contributed by atoms with Crippen molar-refractivity contribution in [2.24, 2.45) is 11.8 Å². The van der Waals surface area contributed by atoms with Gasteiger partial charge < -0.3 is 10.2 Å². The monoisotopic (exact) mass is 347 g/mol. The van der Waals surface area contributed by atoms with Crippen molar-refractivity contribution in [1.29, 1.82) is 0 Å². The summed E-state index contributed by atoms with van der Waals surface area (Å²) in [6, 6.07) is 2.29. The second kappa shape index (κ2) is 8.61. The third-order valence-corrected chi connectivity index (χ3v) is 5.01. The first-order chi connectivity index (χ1) is 11.8. The number of nitrogens with zero attached hydrogens (tertiary/aromatic N) is 4. The number of aryl methyl sites for hydroxylation is 1. The number of amides is 1. The predicted molar refractivity (Wildman–Crippen MR) is 102 cm³/mol. The number of nitrogens with one attached hydrogen (secondary N) is 1. The summed E-state index contributed by atoms with van der Waals surface area (Å²) in [7, 11) is 3.92. The molecule has 6 heteroatoms. The molecule has 0 aliphatic carbocycles. The molecule has 2 rings (SSSR count). The van der Waals surface area contributed by atoms with Crippen molar-refractivity contribution >= 4 is 11.9 Å². The fourth-order valence-electron chi connectivity index (χ4n) is 2.99. The molecule has 1 atom stereocenters. The molecule has 140 valence electrons. The Balaban J connectivity index is 1.87. The molecule has 0 saturated carbocycles. The number of rotatable bonds is 6. The van der Waals surface area contributed by atoms with E-state index < -0.39 is 0 Å². The summed E-state index contributed by atoms with van der Waals surface area (Å²) in [6.07, 6.45) is 1.84. The normalized spacial score (nSPS) is 17.6. The Morgan fingerprint density at radius 3 is 2.48 bits per heavy atom. The zero-order valence-corrected chi connectivity index (χ0v) is 16.5. The summed E-state index contributed by atoms with van der Waals surface area (Å²) in [4.78, 5) is 25.8. The van der Waals surface area contributed by atoms with Gasteiger partial charge in [0, 0.05) is 38.3 Å². The fourth-order valence-corrected chi connectivity index (χ4v) is 2.99. The molecular weight excluding hydrogens is 314 g/mol. The minimum atomic E-state index is 0.141. The first-order valence-corrected chi connectivity index (χ1v) is 9.31. The van der Waals surface area contributed by atoms with Crippen LogP contribution < -0.4 is 10.2 Å². The van der Waals surface area contributed by atoms with Gasteiger partial charge in [0.05, 0.1) is 5.69 Å². The summed E-state index contributed by atoms with van der Waals surface area (Å²) >= 11 is 0. The maximum Gasteiger partial charge on any atom is 0.225 e. The van der Waals surface area contributed by atoms with Gasteiger partial charge in [-0.1, -0.05) is 13.8 Å². The molecule has 1 N–H and O–H groups in total. The van der Waals surface area contributed by atoms with E-state index in [2.05, 4.69) is 47.0 Å². The van der Waals surface area contributed by atoms with E-state index in [1.54, 1.807) is 0 Å². The summed E-state index contributed by atoms with van der Waals surface area (Å²) in [5.41, 5.74) is 2.04. The molecule has 1 aliphatic rings. The Kier molecular flexibility index (Phi) is 6.76. The average Bonchev–Trinajstić information content (AvgIpc) is 2.54. The van der Waals surface area contributed by atoms with E-state index in [0.717, 1.165) is 49.8 Å². The predicted octanol–water partition coefficient (Wildman–Crippen LogP) is 2.22. The van der Waals surface area contributed by atoms with Crippen LogP contribution in [0.1, 0.15) is 45.0 Å². The van der Waals surface area contributed by atoms with Gasteiger partial charge in [-0.2, -0.15) is 0 Å². The minimum absolute atomic E-state index is 0.141. The molecule has 2 heterocycles. The summed E-state index contributed by atoms with van der Waals surface area (Å²) < 4.78 is 0. The van der Waals surface area contributed by atoms with Crippen LogP contribution in [-0.4, -0.2) is 54.0 Å². The van der Waals surface area contributed by atoms with E-state index in [4.69, 9.17) is 0 Å². The molecule has 6 nitrogen and oxygen atoms in total. The molecule has 1 saturated heterocycles. The smallest absolute Gasteiger partial charge is 0.225 e. The van der Waals surface area contributed by atoms with Crippen LogP contribution in [0, 0.1) is 18.8 Å². The maximum atomic E-state index is 12.4. The largest absolute Gasteiger partial charge is 0.353 e. The summed E-state index contributed by atoms with van der Waals surface area (Å²) in [5, 5.41) is 3.16. The van der Waals surface area contributed by atoms with E-state index in [9.17, 15) is 4.79 Å². The molecule has 1 fully saturated rings. The van der Waals surface area contributed by atoms with Crippen molar-refractivity contribution in [3.05, 3.63) is 17.5 Å². The van der Waals surface area contributed by atoms with Crippen LogP contribution in [0.15, 0.2) is 6.07 Å². The highest BCUT2D eigenvalue weighted by Gasteiger charge is 2.26. The van der Waals surface area contributed by atoms with Gasteiger partial charge in [-0.3, -0.25) is 9.69 Å². The van der Waals surface area contributed by atoms with Crippen molar-refractivity contribution < 1.29 is 4.79 Å². The van der Waals surface area contributed by atoms with Crippen LogP contribution >= 0.6 is 0 Å². The molecule has 0 spiro atoms. The molecule has 1 amide bonds. The Hall–Kier alpha value is -1.69. The molecule has 25 heavy (non-hydrogen) atoms. The summed E-state index contributed by atoms with van der Waals surface area (Å²) in [6.45, 7) is 11.1. The quantitative estimate of drug-likeness (QED) is 0.855. The molecule has 1 aliphatic heterocycles. The summed E-state index contributed by atoms with van der Waals surface area (Å²) in [5.74, 6) is 1.58. The first kappa shape index (κ1) is 19.6. The number of aromatic nitrogens is 2. The zero-order valence-electron chi connectivity index (χ0n) is 16.5. The van der Waals surface area contributed by atoms with Crippen molar-refractivity contribution in [3.63, 3.8) is 0 Å². The fraction of sp³-hybridized carbons (Fsp3) is 0.737. The van der Waals surface area contributed by atoms with Crippen LogP contribution in [0.25, 0.3) is 0 Å². The number of likely N-dealkylation sites (tertiary alicyclic amines) is 1. The van der Waals surface area contributed by atoms with E-state index in [1.165, 1.54) is 0 Å². The molecule has 1 aromatic rings. The van der Waals surface area contributed by atoms with Gasteiger partial charge in [-0.25, -0.2) is 9.97 Å². The lowest BCUT2D eigenvalue weighted by Gasteiger charge is -2.32. The lowest BCUT2D eigenvalue weighted by Crippen LogP contribution is -2.44. The Labute approximate surface area is 152 Å². The zero-order chi connectivity index (χ0) is 18.6. The Bertz CT molecular complexity index is 579. The first-order valence-electron chi connectivity index (χ1n) is 9.31. The van der Waals surface area contributed by atoms with Crippen LogP contribution in [0.5, 0.6) is 0 Å². The highest BCUT2D eigenvalue weighted by molar-refractivity contribution is 5.79. The van der Waals surface area contributed by atoms with Gasteiger partial charge in [-0.05, 0) is 51.8 Å². The van der Waals surface area contributed by atoms with Crippen molar-refractivity contribution in [2.75, 3.05) is 32.1 Å². The van der Waals surface area contributed by atoms with Gasteiger partial charge in [0.15, 0.2) is 0 Å².